The van der Waals surface area contributed by atoms with E-state index in [2.05, 4.69) is 4.98 Å². The van der Waals surface area contributed by atoms with E-state index in [0.717, 1.165) is 0 Å². The van der Waals surface area contributed by atoms with E-state index < -0.39 is 5.97 Å². The number of benzene rings is 2. The van der Waals surface area contributed by atoms with Crippen LogP contribution in [0, 0.1) is 0 Å². The average Bonchev–Trinajstić information content (AvgIpc) is 2.84. The number of carboxylic acids is 1. The number of aliphatic carboxylic acids is 1. The minimum Gasteiger partial charge on any atom is -0.550 e. The topological polar surface area (TPSA) is 73.0 Å². The molecule has 0 aliphatic carbocycles. The van der Waals surface area contributed by atoms with Gasteiger partial charge in [0.1, 0.15) is 0 Å². The molecule has 0 radical (unpaired) electrons. The van der Waals surface area contributed by atoms with Gasteiger partial charge in [0, 0.05) is 33.9 Å². The number of aromatic nitrogens is 1. The van der Waals surface area contributed by atoms with Crippen molar-refractivity contribution in [2.75, 3.05) is 0 Å². The number of aromatic amines is 1. The van der Waals surface area contributed by atoms with Crippen molar-refractivity contribution in [3.05, 3.63) is 70.4 Å². The molecule has 23 heavy (non-hydrogen) atoms. The molecular formula is C17H11ClNNaO3. The maximum atomic E-state index is 12.6. The van der Waals surface area contributed by atoms with Crippen LogP contribution in [0.15, 0.2) is 48.5 Å². The standard InChI is InChI=1S/C17H12ClNO3.Na/c18-11-6-7-12-13(9-15(20)21)16(19-14(12)8-11)17(22)10-4-2-1-3-5-10;/h1-8,19H,9H2,(H,20,21);/q;+1/p-1. The molecule has 6 heteroatoms. The van der Waals surface area contributed by atoms with Gasteiger partial charge in [-0.05, 0) is 17.7 Å². The number of carbonyl (C=O) groups is 2. The maximum absolute atomic E-state index is 12.6. The largest absolute Gasteiger partial charge is 1.00 e. The van der Waals surface area contributed by atoms with E-state index in [1.165, 1.54) is 0 Å². The van der Waals surface area contributed by atoms with Gasteiger partial charge >= 0.3 is 29.6 Å². The Morgan fingerprint density at radius 3 is 2.43 bits per heavy atom. The predicted octanol–water partition coefficient (Wildman–Crippen LogP) is -0.651. The van der Waals surface area contributed by atoms with Crippen molar-refractivity contribution in [2.24, 2.45) is 0 Å². The molecule has 0 aliphatic rings. The Bertz CT molecular complexity index is 874. The fourth-order valence-electron chi connectivity index (χ4n) is 2.48. The Balaban J connectivity index is 0.00000192. The van der Waals surface area contributed by atoms with Crippen LogP contribution in [0.5, 0.6) is 0 Å². The van der Waals surface area contributed by atoms with Crippen molar-refractivity contribution in [3.8, 4) is 0 Å². The molecule has 0 unspecified atom stereocenters. The molecule has 3 aromatic rings. The molecule has 4 nitrogen and oxygen atoms in total. The van der Waals surface area contributed by atoms with Gasteiger partial charge in [0.15, 0.2) is 0 Å². The Kier molecular flexibility index (Phi) is 5.65. The molecule has 0 saturated carbocycles. The smallest absolute Gasteiger partial charge is 0.550 e. The molecule has 110 valence electrons. The van der Waals surface area contributed by atoms with E-state index in [4.69, 9.17) is 11.6 Å². The van der Waals surface area contributed by atoms with Gasteiger partial charge in [-0.15, -0.1) is 0 Å². The van der Waals surface area contributed by atoms with Crippen molar-refractivity contribution < 1.29 is 44.3 Å². The van der Waals surface area contributed by atoms with Gasteiger partial charge < -0.3 is 14.9 Å². The van der Waals surface area contributed by atoms with E-state index >= 15 is 0 Å². The number of carboxylic acid groups (broad SMARTS) is 1. The van der Waals surface area contributed by atoms with E-state index in [0.29, 0.717) is 27.1 Å². The van der Waals surface area contributed by atoms with Crippen LogP contribution in [0.4, 0.5) is 0 Å². The number of fused-ring (bicyclic) bond motifs is 1. The molecule has 0 bridgehead atoms. The average molecular weight is 336 g/mol. The number of rotatable bonds is 4. The van der Waals surface area contributed by atoms with Crippen LogP contribution in [0.3, 0.4) is 0 Å². The summed E-state index contributed by atoms with van der Waals surface area (Å²) in [7, 11) is 0. The molecule has 0 spiro atoms. The van der Waals surface area contributed by atoms with Gasteiger partial charge in [-0.3, -0.25) is 4.79 Å². The number of ketones is 1. The van der Waals surface area contributed by atoms with Gasteiger partial charge in [-0.25, -0.2) is 0 Å². The molecule has 0 amide bonds. The Hall–Kier alpha value is -1.59. The molecule has 1 heterocycles. The van der Waals surface area contributed by atoms with Crippen LogP contribution in [0.25, 0.3) is 10.9 Å². The fourth-order valence-corrected chi connectivity index (χ4v) is 2.66. The molecule has 0 fully saturated rings. The molecular weight excluding hydrogens is 325 g/mol. The van der Waals surface area contributed by atoms with E-state index in [1.807, 2.05) is 6.07 Å². The third kappa shape index (κ3) is 3.67. The van der Waals surface area contributed by atoms with Crippen molar-refractivity contribution in [1.82, 2.24) is 4.98 Å². The summed E-state index contributed by atoms with van der Waals surface area (Å²) in [6.45, 7) is 0. The normalized spacial score (nSPS) is 10.3. The van der Waals surface area contributed by atoms with Crippen LogP contribution in [-0.4, -0.2) is 16.7 Å². The van der Waals surface area contributed by atoms with Crippen LogP contribution in [0.1, 0.15) is 21.6 Å². The molecule has 0 atom stereocenters. The third-order valence-corrected chi connectivity index (χ3v) is 3.69. The second-order valence-corrected chi connectivity index (χ2v) is 5.35. The maximum Gasteiger partial charge on any atom is 1.00 e. The van der Waals surface area contributed by atoms with E-state index in [-0.39, 0.29) is 47.5 Å². The van der Waals surface area contributed by atoms with Gasteiger partial charge in [0.25, 0.3) is 0 Å². The fraction of sp³-hybridized carbons (Fsp3) is 0.0588. The first-order valence-corrected chi connectivity index (χ1v) is 7.04. The second kappa shape index (κ2) is 7.32. The van der Waals surface area contributed by atoms with Gasteiger partial charge in [0.05, 0.1) is 5.69 Å². The first-order valence-electron chi connectivity index (χ1n) is 6.66. The third-order valence-electron chi connectivity index (χ3n) is 3.45. The van der Waals surface area contributed by atoms with Gasteiger partial charge in [-0.1, -0.05) is 48.0 Å². The van der Waals surface area contributed by atoms with Crippen LogP contribution < -0.4 is 34.7 Å². The van der Waals surface area contributed by atoms with Crippen molar-refractivity contribution in [2.45, 2.75) is 6.42 Å². The quantitative estimate of drug-likeness (QED) is 0.508. The number of H-pyrrole nitrogens is 1. The van der Waals surface area contributed by atoms with E-state index in [9.17, 15) is 14.7 Å². The van der Waals surface area contributed by atoms with Crippen LogP contribution >= 0.6 is 11.6 Å². The van der Waals surface area contributed by atoms with Crippen molar-refractivity contribution in [1.29, 1.82) is 0 Å². The Morgan fingerprint density at radius 1 is 1.09 bits per heavy atom. The van der Waals surface area contributed by atoms with Crippen LogP contribution in [-0.2, 0) is 11.2 Å². The Morgan fingerprint density at radius 2 is 1.78 bits per heavy atom. The first-order chi connectivity index (χ1) is 10.6. The zero-order valence-corrected chi connectivity index (χ0v) is 15.2. The summed E-state index contributed by atoms with van der Waals surface area (Å²) in [5, 5.41) is 12.2. The summed E-state index contributed by atoms with van der Waals surface area (Å²) >= 11 is 5.95. The number of carbonyl (C=O) groups excluding carboxylic acids is 2. The van der Waals surface area contributed by atoms with E-state index in [1.54, 1.807) is 42.5 Å². The Labute approximate surface area is 159 Å². The number of hydrogen-bond acceptors (Lipinski definition) is 3. The molecule has 0 saturated heterocycles. The molecule has 1 aromatic heterocycles. The molecule has 3 rings (SSSR count). The molecule has 1 N–H and O–H groups in total. The first kappa shape index (κ1) is 17.8. The minimum atomic E-state index is -1.24. The van der Waals surface area contributed by atoms with Crippen LogP contribution in [0.2, 0.25) is 5.02 Å². The summed E-state index contributed by atoms with van der Waals surface area (Å²) in [6, 6.07) is 13.7. The predicted molar refractivity (Wildman–Crippen MR) is 81.9 cm³/mol. The summed E-state index contributed by atoms with van der Waals surface area (Å²) in [5.74, 6) is -1.50. The zero-order chi connectivity index (χ0) is 15.7. The summed E-state index contributed by atoms with van der Waals surface area (Å²) in [5.41, 5.74) is 1.79. The SMILES string of the molecule is O=C([O-])Cc1c(C(=O)c2ccccc2)[nH]c2cc(Cl)ccc12.[Na+]. The van der Waals surface area contributed by atoms with Crippen molar-refractivity contribution in [3.63, 3.8) is 0 Å². The van der Waals surface area contributed by atoms with Gasteiger partial charge in [-0.2, -0.15) is 0 Å². The number of hydrogen-bond donors (Lipinski definition) is 1. The van der Waals surface area contributed by atoms with Gasteiger partial charge in [0.2, 0.25) is 5.78 Å². The molecule has 2 aromatic carbocycles. The zero-order valence-electron chi connectivity index (χ0n) is 12.4. The minimum absolute atomic E-state index is 0. The number of halogens is 1. The summed E-state index contributed by atoms with van der Waals surface area (Å²) < 4.78 is 0. The number of nitrogens with one attached hydrogen (secondary N) is 1. The monoisotopic (exact) mass is 335 g/mol. The van der Waals surface area contributed by atoms with Crippen molar-refractivity contribution >= 4 is 34.3 Å². The molecule has 0 aliphatic heterocycles. The summed E-state index contributed by atoms with van der Waals surface area (Å²) in [4.78, 5) is 26.6. The summed E-state index contributed by atoms with van der Waals surface area (Å²) in [6.07, 6.45) is -0.338. The second-order valence-electron chi connectivity index (χ2n) is 4.91.